The number of rotatable bonds is 8. The Morgan fingerprint density at radius 2 is 1.89 bits per heavy atom. The molecule has 1 aromatic carbocycles. The lowest BCUT2D eigenvalue weighted by atomic mass is 9.99. The van der Waals surface area contributed by atoms with Crippen LogP contribution in [0.15, 0.2) is 18.2 Å². The number of aliphatic hydroxyl groups excluding tert-OH is 3. The van der Waals surface area contributed by atoms with Crippen LogP contribution in [0.2, 0.25) is 0 Å². The Hall–Kier alpha value is -2.73. The minimum absolute atomic E-state index is 0.0174. The first-order valence-corrected chi connectivity index (χ1v) is 11.5. The van der Waals surface area contributed by atoms with Gasteiger partial charge in [0, 0.05) is 23.7 Å². The zero-order valence-electron chi connectivity index (χ0n) is 20.5. The number of carbonyl (C=O) groups is 1. The minimum atomic E-state index is -1.63. The molecule has 3 N–H and O–H groups in total. The van der Waals surface area contributed by atoms with Crippen molar-refractivity contribution in [1.82, 2.24) is 9.78 Å². The standard InChI is InChI=1S/C24H33FN2O8/c1-6-32-24(31)33-11-18-19(28)20(29)21(30)23(34-18)35-22-16(14(5)27(26-22)12(2)3)9-15-8-7-13(4)17(25)10-15/h7-8,10,12,18-21,23,28-30H,6,9,11H2,1-5H3/t18-,19-,20+,21-,23?/m1/s1. The maximum Gasteiger partial charge on any atom is 0.508 e. The van der Waals surface area contributed by atoms with Crippen LogP contribution in [0.5, 0.6) is 5.88 Å². The molecule has 2 heterocycles. The van der Waals surface area contributed by atoms with Crippen molar-refractivity contribution in [3.8, 4) is 5.88 Å². The Kier molecular flexibility index (Phi) is 8.70. The molecule has 1 fully saturated rings. The normalized spacial score (nSPS) is 24.5. The van der Waals surface area contributed by atoms with E-state index < -0.39 is 43.5 Å². The van der Waals surface area contributed by atoms with Gasteiger partial charge in [-0.15, -0.1) is 5.10 Å². The van der Waals surface area contributed by atoms with Gasteiger partial charge in [-0.1, -0.05) is 12.1 Å². The van der Waals surface area contributed by atoms with Gasteiger partial charge in [0.25, 0.3) is 0 Å². The largest absolute Gasteiger partial charge is 0.508 e. The molecule has 0 bridgehead atoms. The molecule has 5 atom stereocenters. The average Bonchev–Trinajstić information content (AvgIpc) is 3.11. The molecular weight excluding hydrogens is 463 g/mol. The number of carbonyl (C=O) groups excluding carboxylic acids is 1. The molecule has 1 aliphatic rings. The molecule has 1 unspecified atom stereocenters. The quantitative estimate of drug-likeness (QED) is 0.470. The topological polar surface area (TPSA) is 132 Å². The molecule has 1 aromatic heterocycles. The van der Waals surface area contributed by atoms with Gasteiger partial charge in [-0.05, 0) is 51.8 Å². The highest BCUT2D eigenvalue weighted by Crippen LogP contribution is 2.31. The molecule has 10 nitrogen and oxygen atoms in total. The van der Waals surface area contributed by atoms with Crippen LogP contribution in [0.4, 0.5) is 9.18 Å². The number of ether oxygens (including phenoxy) is 4. The van der Waals surface area contributed by atoms with Gasteiger partial charge in [0.2, 0.25) is 12.2 Å². The smallest absolute Gasteiger partial charge is 0.443 e. The van der Waals surface area contributed by atoms with Crippen molar-refractivity contribution in [3.63, 3.8) is 0 Å². The zero-order valence-corrected chi connectivity index (χ0v) is 20.5. The molecule has 3 rings (SSSR count). The molecule has 1 saturated heterocycles. The van der Waals surface area contributed by atoms with E-state index in [9.17, 15) is 24.5 Å². The van der Waals surface area contributed by atoms with E-state index in [-0.39, 0.29) is 24.3 Å². The molecule has 0 radical (unpaired) electrons. The minimum Gasteiger partial charge on any atom is -0.443 e. The fraction of sp³-hybridized carbons (Fsp3) is 0.583. The summed E-state index contributed by atoms with van der Waals surface area (Å²) in [5, 5.41) is 35.6. The third-order valence-electron chi connectivity index (χ3n) is 5.87. The maximum atomic E-state index is 14.1. The first-order chi connectivity index (χ1) is 16.5. The van der Waals surface area contributed by atoms with Crippen LogP contribution in [0, 0.1) is 19.7 Å². The Morgan fingerprint density at radius 3 is 2.51 bits per heavy atom. The summed E-state index contributed by atoms with van der Waals surface area (Å²) < 4.78 is 37.0. The molecule has 1 aliphatic heterocycles. The first-order valence-electron chi connectivity index (χ1n) is 11.5. The summed E-state index contributed by atoms with van der Waals surface area (Å²) in [4.78, 5) is 11.5. The fourth-order valence-electron chi connectivity index (χ4n) is 3.85. The van der Waals surface area contributed by atoms with Crippen molar-refractivity contribution < 1.29 is 43.5 Å². The molecule has 0 spiro atoms. The van der Waals surface area contributed by atoms with E-state index in [1.807, 2.05) is 26.8 Å². The van der Waals surface area contributed by atoms with Crippen molar-refractivity contribution in [3.05, 3.63) is 46.4 Å². The highest BCUT2D eigenvalue weighted by Gasteiger charge is 2.46. The molecule has 11 heteroatoms. The van der Waals surface area contributed by atoms with E-state index in [0.717, 1.165) is 5.69 Å². The number of benzene rings is 1. The summed E-state index contributed by atoms with van der Waals surface area (Å²) in [7, 11) is 0. The van der Waals surface area contributed by atoms with Gasteiger partial charge < -0.3 is 34.3 Å². The second-order valence-corrected chi connectivity index (χ2v) is 8.79. The van der Waals surface area contributed by atoms with Crippen molar-refractivity contribution in [2.45, 2.75) is 77.8 Å². The van der Waals surface area contributed by atoms with Crippen LogP contribution < -0.4 is 4.74 Å². The van der Waals surface area contributed by atoms with Gasteiger partial charge in [-0.2, -0.15) is 0 Å². The Balaban J connectivity index is 1.85. The van der Waals surface area contributed by atoms with E-state index in [0.29, 0.717) is 23.1 Å². The molecule has 0 amide bonds. The third kappa shape index (κ3) is 6.10. The summed E-state index contributed by atoms with van der Waals surface area (Å²) in [6.07, 6.45) is -8.05. The number of hydrogen-bond donors (Lipinski definition) is 3. The van der Waals surface area contributed by atoms with Gasteiger partial charge in [0.1, 0.15) is 36.8 Å². The lowest BCUT2D eigenvalue weighted by molar-refractivity contribution is -0.278. The van der Waals surface area contributed by atoms with E-state index in [1.165, 1.54) is 6.07 Å². The van der Waals surface area contributed by atoms with Crippen molar-refractivity contribution >= 4 is 6.16 Å². The Labute approximate surface area is 203 Å². The Bertz CT molecular complexity index is 1030. The number of aromatic nitrogens is 2. The molecular formula is C24H33FN2O8. The summed E-state index contributed by atoms with van der Waals surface area (Å²) in [5.74, 6) is -0.193. The first kappa shape index (κ1) is 26.9. The highest BCUT2D eigenvalue weighted by molar-refractivity contribution is 5.59. The predicted octanol–water partition coefficient (Wildman–Crippen LogP) is 2.17. The lowest BCUT2D eigenvalue weighted by Gasteiger charge is -2.39. The Morgan fingerprint density at radius 1 is 1.17 bits per heavy atom. The number of aliphatic hydroxyl groups is 3. The number of nitrogens with zero attached hydrogens (tertiary/aromatic N) is 2. The van der Waals surface area contributed by atoms with Gasteiger partial charge >= 0.3 is 6.16 Å². The van der Waals surface area contributed by atoms with Crippen molar-refractivity contribution in [2.75, 3.05) is 13.2 Å². The van der Waals surface area contributed by atoms with Gasteiger partial charge in [0.05, 0.1) is 6.61 Å². The molecule has 35 heavy (non-hydrogen) atoms. The summed E-state index contributed by atoms with van der Waals surface area (Å²) in [5.41, 5.74) is 2.66. The second-order valence-electron chi connectivity index (χ2n) is 8.79. The maximum absolute atomic E-state index is 14.1. The average molecular weight is 497 g/mol. The fourth-order valence-corrected chi connectivity index (χ4v) is 3.85. The number of aryl methyl sites for hydroxylation is 1. The number of halogens is 1. The lowest BCUT2D eigenvalue weighted by Crippen LogP contribution is -2.60. The molecule has 0 saturated carbocycles. The summed E-state index contributed by atoms with van der Waals surface area (Å²) >= 11 is 0. The second kappa shape index (κ2) is 11.3. The van der Waals surface area contributed by atoms with Crippen LogP contribution in [0.1, 0.15) is 49.2 Å². The van der Waals surface area contributed by atoms with Gasteiger partial charge in [-0.3, -0.25) is 4.68 Å². The molecule has 2 aromatic rings. The van der Waals surface area contributed by atoms with E-state index in [1.54, 1.807) is 24.6 Å². The van der Waals surface area contributed by atoms with Crippen LogP contribution in [-0.4, -0.2) is 75.2 Å². The van der Waals surface area contributed by atoms with Crippen LogP contribution in [0.3, 0.4) is 0 Å². The third-order valence-corrected chi connectivity index (χ3v) is 5.87. The predicted molar refractivity (Wildman–Crippen MR) is 122 cm³/mol. The van der Waals surface area contributed by atoms with Crippen molar-refractivity contribution in [2.24, 2.45) is 0 Å². The number of hydrogen-bond acceptors (Lipinski definition) is 9. The van der Waals surface area contributed by atoms with Crippen LogP contribution in [-0.2, 0) is 20.6 Å². The van der Waals surface area contributed by atoms with E-state index in [4.69, 9.17) is 14.2 Å². The monoisotopic (exact) mass is 496 g/mol. The summed E-state index contributed by atoms with van der Waals surface area (Å²) in [6.45, 7) is 8.69. The molecule has 0 aliphatic carbocycles. The summed E-state index contributed by atoms with van der Waals surface area (Å²) in [6, 6.07) is 4.92. The van der Waals surface area contributed by atoms with Gasteiger partial charge in [-0.25, -0.2) is 9.18 Å². The van der Waals surface area contributed by atoms with Gasteiger partial charge in [0.15, 0.2) is 0 Å². The highest BCUT2D eigenvalue weighted by atomic mass is 19.1. The van der Waals surface area contributed by atoms with Crippen LogP contribution >= 0.6 is 0 Å². The van der Waals surface area contributed by atoms with E-state index >= 15 is 0 Å². The van der Waals surface area contributed by atoms with E-state index in [2.05, 4.69) is 9.84 Å². The van der Waals surface area contributed by atoms with Crippen LogP contribution in [0.25, 0.3) is 0 Å². The van der Waals surface area contributed by atoms with Crippen molar-refractivity contribution in [1.29, 1.82) is 0 Å². The molecule has 194 valence electrons. The zero-order chi connectivity index (χ0) is 25.9. The SMILES string of the molecule is CCOC(=O)OC[C@H]1OC(Oc2nn(C(C)C)c(C)c2Cc2ccc(C)c(F)c2)[C@H](O)[C@@H](O)[C@@H]1O.